The first-order valence-electron chi connectivity index (χ1n) is 7.73. The van der Waals surface area contributed by atoms with Gasteiger partial charge in [-0.25, -0.2) is 4.98 Å². The van der Waals surface area contributed by atoms with E-state index in [1.807, 2.05) is 19.5 Å². The molecule has 0 radical (unpaired) electrons. The summed E-state index contributed by atoms with van der Waals surface area (Å²) >= 11 is 0. The largest absolute Gasteiger partial charge is 0.377 e. The van der Waals surface area contributed by atoms with Crippen molar-refractivity contribution in [2.45, 2.75) is 71.1 Å². The lowest BCUT2D eigenvalue weighted by Gasteiger charge is -2.45. The number of methoxy groups -OCH3 is 1. The highest BCUT2D eigenvalue weighted by Crippen LogP contribution is 2.43. The van der Waals surface area contributed by atoms with Crippen LogP contribution < -0.4 is 5.73 Å². The van der Waals surface area contributed by atoms with Gasteiger partial charge < -0.3 is 15.0 Å². The van der Waals surface area contributed by atoms with Gasteiger partial charge in [-0.2, -0.15) is 0 Å². The van der Waals surface area contributed by atoms with Gasteiger partial charge in [0.25, 0.3) is 0 Å². The Morgan fingerprint density at radius 3 is 2.55 bits per heavy atom. The Hall–Kier alpha value is -0.870. The maximum absolute atomic E-state index is 6.52. The zero-order chi connectivity index (χ0) is 14.8. The molecule has 1 aliphatic carbocycles. The van der Waals surface area contributed by atoms with Gasteiger partial charge in [-0.1, -0.05) is 13.8 Å². The lowest BCUT2D eigenvalue weighted by molar-refractivity contribution is -0.0785. The summed E-state index contributed by atoms with van der Waals surface area (Å²) in [6.07, 6.45) is 9.11. The number of aryl methyl sites for hydroxylation is 1. The first-order valence-corrected chi connectivity index (χ1v) is 7.73. The van der Waals surface area contributed by atoms with Crippen LogP contribution >= 0.6 is 0 Å². The third-order valence-corrected chi connectivity index (χ3v) is 5.08. The monoisotopic (exact) mass is 279 g/mol. The van der Waals surface area contributed by atoms with Crippen molar-refractivity contribution in [2.24, 2.45) is 11.1 Å². The van der Waals surface area contributed by atoms with Crippen LogP contribution in [0.5, 0.6) is 0 Å². The summed E-state index contributed by atoms with van der Waals surface area (Å²) in [5, 5.41) is 0. The van der Waals surface area contributed by atoms with Crippen LogP contribution in [0.2, 0.25) is 0 Å². The van der Waals surface area contributed by atoms with Crippen molar-refractivity contribution in [3.63, 3.8) is 0 Å². The van der Waals surface area contributed by atoms with Crippen molar-refractivity contribution < 1.29 is 4.74 Å². The van der Waals surface area contributed by atoms with E-state index in [4.69, 9.17) is 10.5 Å². The summed E-state index contributed by atoms with van der Waals surface area (Å²) in [6, 6.07) is 0.0105. The number of aromatic nitrogens is 2. The fraction of sp³-hybridized carbons (Fsp3) is 0.812. The molecule has 4 nitrogen and oxygen atoms in total. The molecule has 2 N–H and O–H groups in total. The standard InChI is InChI=1S/C16H29N3O/c1-5-19-11-10-18-14(19)12-13(17)16(20-4)8-6-15(2,3)7-9-16/h10-11,13H,5-9,12,17H2,1-4H3. The average Bonchev–Trinajstić information content (AvgIpc) is 2.86. The van der Waals surface area contributed by atoms with Gasteiger partial charge in [0.05, 0.1) is 5.60 Å². The normalized spacial score (nSPS) is 22.6. The molecule has 0 bridgehead atoms. The van der Waals surface area contributed by atoms with Crippen molar-refractivity contribution in [3.8, 4) is 0 Å². The fourth-order valence-electron chi connectivity index (χ4n) is 3.28. The molecule has 0 aromatic carbocycles. The Balaban J connectivity index is 2.08. The lowest BCUT2D eigenvalue weighted by Crippen LogP contribution is -2.53. The summed E-state index contributed by atoms with van der Waals surface area (Å²) in [6.45, 7) is 7.74. The zero-order valence-corrected chi connectivity index (χ0v) is 13.4. The highest BCUT2D eigenvalue weighted by Gasteiger charge is 2.43. The van der Waals surface area contributed by atoms with Crippen LogP contribution in [0, 0.1) is 5.41 Å². The number of imidazole rings is 1. The predicted molar refractivity (Wildman–Crippen MR) is 81.6 cm³/mol. The summed E-state index contributed by atoms with van der Waals surface area (Å²) in [7, 11) is 1.81. The molecule has 4 heteroatoms. The Morgan fingerprint density at radius 2 is 2.00 bits per heavy atom. The Labute approximate surface area is 122 Å². The molecule has 1 aromatic heterocycles. The maximum Gasteiger partial charge on any atom is 0.110 e. The molecule has 2 rings (SSSR count). The van der Waals surface area contributed by atoms with E-state index in [0.717, 1.165) is 31.6 Å². The second-order valence-electron chi connectivity index (χ2n) is 6.87. The van der Waals surface area contributed by atoms with E-state index >= 15 is 0 Å². The van der Waals surface area contributed by atoms with Crippen molar-refractivity contribution in [3.05, 3.63) is 18.2 Å². The predicted octanol–water partition coefficient (Wildman–Crippen LogP) is 2.76. The molecule has 0 amide bonds. The molecule has 114 valence electrons. The average molecular weight is 279 g/mol. The molecule has 1 heterocycles. The number of hydrogen-bond acceptors (Lipinski definition) is 3. The first kappa shape index (κ1) is 15.5. The van der Waals surface area contributed by atoms with E-state index in [2.05, 4.69) is 30.3 Å². The van der Waals surface area contributed by atoms with Crippen molar-refractivity contribution in [1.82, 2.24) is 9.55 Å². The van der Waals surface area contributed by atoms with E-state index in [-0.39, 0.29) is 11.6 Å². The molecule has 20 heavy (non-hydrogen) atoms. The molecule has 0 spiro atoms. The van der Waals surface area contributed by atoms with Gasteiger partial charge in [0.15, 0.2) is 0 Å². The molecule has 1 saturated carbocycles. The molecule has 1 fully saturated rings. The van der Waals surface area contributed by atoms with E-state index in [1.54, 1.807) is 0 Å². The summed E-state index contributed by atoms with van der Waals surface area (Å²) in [5.74, 6) is 1.07. The van der Waals surface area contributed by atoms with Crippen molar-refractivity contribution >= 4 is 0 Å². The SMILES string of the molecule is CCn1ccnc1CC(N)C1(OC)CCC(C)(C)CC1. The Morgan fingerprint density at radius 1 is 1.35 bits per heavy atom. The van der Waals surface area contributed by atoms with Gasteiger partial charge in [-0.3, -0.25) is 0 Å². The number of rotatable bonds is 5. The zero-order valence-electron chi connectivity index (χ0n) is 13.4. The van der Waals surface area contributed by atoms with E-state index < -0.39 is 0 Å². The summed E-state index contributed by atoms with van der Waals surface area (Å²) in [5.41, 5.74) is 6.76. The molecule has 1 aromatic rings. The molecular weight excluding hydrogens is 250 g/mol. The second-order valence-corrected chi connectivity index (χ2v) is 6.87. The minimum absolute atomic E-state index is 0.0105. The van der Waals surface area contributed by atoms with Crippen LogP contribution in [-0.2, 0) is 17.7 Å². The summed E-state index contributed by atoms with van der Waals surface area (Å²) in [4.78, 5) is 4.44. The van der Waals surface area contributed by atoms with Gasteiger partial charge in [-0.05, 0) is 38.0 Å². The quantitative estimate of drug-likeness (QED) is 0.901. The molecule has 1 atom stereocenters. The van der Waals surface area contributed by atoms with E-state index in [0.29, 0.717) is 5.41 Å². The molecular formula is C16H29N3O. The number of nitrogens with zero attached hydrogens (tertiary/aromatic N) is 2. The Kier molecular flexibility index (Phi) is 4.55. The summed E-state index contributed by atoms with van der Waals surface area (Å²) < 4.78 is 8.06. The fourth-order valence-corrected chi connectivity index (χ4v) is 3.28. The van der Waals surface area contributed by atoms with Gasteiger partial charge in [-0.15, -0.1) is 0 Å². The highest BCUT2D eigenvalue weighted by molar-refractivity contribution is 5.03. The number of nitrogens with two attached hydrogens (primary N) is 1. The van der Waals surface area contributed by atoms with Gasteiger partial charge in [0.2, 0.25) is 0 Å². The van der Waals surface area contributed by atoms with E-state index in [1.165, 1.54) is 12.8 Å². The third kappa shape index (κ3) is 3.07. The van der Waals surface area contributed by atoms with Crippen LogP contribution in [-0.4, -0.2) is 28.3 Å². The second kappa shape index (κ2) is 5.86. The van der Waals surface area contributed by atoms with Gasteiger partial charge >= 0.3 is 0 Å². The topological polar surface area (TPSA) is 53.1 Å². The van der Waals surface area contributed by atoms with Crippen LogP contribution in [0.4, 0.5) is 0 Å². The minimum atomic E-state index is -0.181. The molecule has 1 aliphatic rings. The lowest BCUT2D eigenvalue weighted by atomic mass is 9.68. The molecule has 0 aliphatic heterocycles. The maximum atomic E-state index is 6.52. The highest BCUT2D eigenvalue weighted by atomic mass is 16.5. The first-order chi connectivity index (χ1) is 9.42. The molecule has 0 saturated heterocycles. The van der Waals surface area contributed by atoms with Crippen LogP contribution in [0.3, 0.4) is 0 Å². The smallest absolute Gasteiger partial charge is 0.110 e. The number of ether oxygens (including phenoxy) is 1. The van der Waals surface area contributed by atoms with Gasteiger partial charge in [0, 0.05) is 38.5 Å². The van der Waals surface area contributed by atoms with E-state index in [9.17, 15) is 0 Å². The molecule has 1 unspecified atom stereocenters. The van der Waals surface area contributed by atoms with Crippen molar-refractivity contribution in [1.29, 1.82) is 0 Å². The number of hydrogen-bond donors (Lipinski definition) is 1. The van der Waals surface area contributed by atoms with Crippen LogP contribution in [0.25, 0.3) is 0 Å². The van der Waals surface area contributed by atoms with Gasteiger partial charge in [0.1, 0.15) is 5.82 Å². The van der Waals surface area contributed by atoms with Crippen LogP contribution in [0.1, 0.15) is 52.3 Å². The third-order valence-electron chi connectivity index (χ3n) is 5.08. The van der Waals surface area contributed by atoms with Crippen LogP contribution in [0.15, 0.2) is 12.4 Å². The Bertz CT molecular complexity index is 429. The minimum Gasteiger partial charge on any atom is -0.377 e. The van der Waals surface area contributed by atoms with Crippen molar-refractivity contribution in [2.75, 3.05) is 7.11 Å².